The lowest BCUT2D eigenvalue weighted by Gasteiger charge is -2.05. The number of halogens is 1. The monoisotopic (exact) mass is 276 g/mol. The van der Waals surface area contributed by atoms with Gasteiger partial charge in [-0.25, -0.2) is 0 Å². The topological polar surface area (TPSA) is 22.4 Å². The van der Waals surface area contributed by atoms with Crippen molar-refractivity contribution in [3.8, 4) is 5.75 Å². The SMILES string of the molecule is COc1cc(Br)c2c(ccc3ccoc32)c1. The Morgan fingerprint density at radius 1 is 1.12 bits per heavy atom. The summed E-state index contributed by atoms with van der Waals surface area (Å²) in [5.41, 5.74) is 0.909. The van der Waals surface area contributed by atoms with E-state index in [1.165, 1.54) is 0 Å². The van der Waals surface area contributed by atoms with Gasteiger partial charge < -0.3 is 9.15 Å². The van der Waals surface area contributed by atoms with E-state index in [1.807, 2.05) is 24.3 Å². The van der Waals surface area contributed by atoms with Gasteiger partial charge in [-0.1, -0.05) is 12.1 Å². The molecule has 0 fully saturated rings. The standard InChI is InChI=1S/C13H9BrO2/c1-15-10-6-9-3-2-8-4-5-16-13(8)12(9)11(14)7-10/h2-7H,1H3. The van der Waals surface area contributed by atoms with Crippen LogP contribution in [0, 0.1) is 0 Å². The minimum atomic E-state index is 0.838. The van der Waals surface area contributed by atoms with Crippen LogP contribution in [-0.2, 0) is 0 Å². The van der Waals surface area contributed by atoms with Crippen LogP contribution in [0.25, 0.3) is 21.7 Å². The van der Waals surface area contributed by atoms with E-state index in [2.05, 4.69) is 22.0 Å². The highest BCUT2D eigenvalue weighted by Gasteiger charge is 2.08. The van der Waals surface area contributed by atoms with Gasteiger partial charge in [-0.15, -0.1) is 0 Å². The third kappa shape index (κ3) is 1.32. The quantitative estimate of drug-likeness (QED) is 0.659. The van der Waals surface area contributed by atoms with Crippen molar-refractivity contribution in [1.29, 1.82) is 0 Å². The van der Waals surface area contributed by atoms with Crippen LogP contribution < -0.4 is 4.74 Å². The molecule has 2 nitrogen and oxygen atoms in total. The maximum absolute atomic E-state index is 5.51. The van der Waals surface area contributed by atoms with Crippen molar-refractivity contribution in [3.05, 3.63) is 41.1 Å². The molecule has 0 bridgehead atoms. The predicted molar refractivity (Wildman–Crippen MR) is 68.0 cm³/mol. The van der Waals surface area contributed by atoms with Gasteiger partial charge in [-0.2, -0.15) is 0 Å². The zero-order valence-corrected chi connectivity index (χ0v) is 10.2. The van der Waals surface area contributed by atoms with Crippen LogP contribution in [0.5, 0.6) is 5.75 Å². The summed E-state index contributed by atoms with van der Waals surface area (Å²) in [6.45, 7) is 0. The van der Waals surface area contributed by atoms with E-state index in [0.717, 1.165) is 32.0 Å². The molecular weight excluding hydrogens is 268 g/mol. The summed E-state index contributed by atoms with van der Waals surface area (Å²) < 4.78 is 11.7. The highest BCUT2D eigenvalue weighted by atomic mass is 79.9. The zero-order chi connectivity index (χ0) is 11.1. The summed E-state index contributed by atoms with van der Waals surface area (Å²) in [7, 11) is 1.67. The minimum Gasteiger partial charge on any atom is -0.497 e. The second-order valence-corrected chi connectivity index (χ2v) is 4.47. The molecule has 0 atom stereocenters. The van der Waals surface area contributed by atoms with Crippen LogP contribution in [-0.4, -0.2) is 7.11 Å². The van der Waals surface area contributed by atoms with Gasteiger partial charge in [0.15, 0.2) is 0 Å². The molecule has 0 spiro atoms. The van der Waals surface area contributed by atoms with Crippen molar-refractivity contribution in [2.45, 2.75) is 0 Å². The van der Waals surface area contributed by atoms with Gasteiger partial charge in [0.2, 0.25) is 0 Å². The second kappa shape index (κ2) is 3.52. The van der Waals surface area contributed by atoms with Gasteiger partial charge in [0.05, 0.1) is 13.4 Å². The Bertz CT molecular complexity index is 670. The fourth-order valence-corrected chi connectivity index (χ4v) is 2.56. The number of fused-ring (bicyclic) bond motifs is 3. The van der Waals surface area contributed by atoms with Gasteiger partial charge in [0.25, 0.3) is 0 Å². The van der Waals surface area contributed by atoms with E-state index < -0.39 is 0 Å². The van der Waals surface area contributed by atoms with Crippen LogP contribution in [0.2, 0.25) is 0 Å². The Morgan fingerprint density at radius 2 is 1.94 bits per heavy atom. The number of hydrogen-bond acceptors (Lipinski definition) is 2. The molecule has 3 heteroatoms. The lowest BCUT2D eigenvalue weighted by Crippen LogP contribution is -1.84. The first-order valence-electron chi connectivity index (χ1n) is 4.93. The van der Waals surface area contributed by atoms with Crippen molar-refractivity contribution in [2.24, 2.45) is 0 Å². The van der Waals surface area contributed by atoms with Crippen LogP contribution in [0.1, 0.15) is 0 Å². The minimum absolute atomic E-state index is 0.838. The third-order valence-corrected chi connectivity index (χ3v) is 3.32. The van der Waals surface area contributed by atoms with Crippen molar-refractivity contribution in [3.63, 3.8) is 0 Å². The van der Waals surface area contributed by atoms with Crippen molar-refractivity contribution in [2.75, 3.05) is 7.11 Å². The molecule has 1 heterocycles. The molecule has 0 unspecified atom stereocenters. The summed E-state index contributed by atoms with van der Waals surface area (Å²) in [6.07, 6.45) is 1.71. The normalized spacial score (nSPS) is 11.1. The number of hydrogen-bond donors (Lipinski definition) is 0. The van der Waals surface area contributed by atoms with Gasteiger partial charge in [-0.05, 0) is 39.5 Å². The number of furan rings is 1. The lowest BCUT2D eigenvalue weighted by molar-refractivity contribution is 0.415. The Labute approximate surface area is 101 Å². The molecule has 0 aliphatic heterocycles. The number of methoxy groups -OCH3 is 1. The van der Waals surface area contributed by atoms with E-state index in [-0.39, 0.29) is 0 Å². The first-order valence-corrected chi connectivity index (χ1v) is 5.72. The molecule has 0 aliphatic carbocycles. The Balaban J connectivity index is 2.50. The van der Waals surface area contributed by atoms with E-state index in [1.54, 1.807) is 13.4 Å². The van der Waals surface area contributed by atoms with E-state index in [0.29, 0.717) is 0 Å². The molecule has 1 aromatic heterocycles. The predicted octanol–water partition coefficient (Wildman–Crippen LogP) is 4.36. The summed E-state index contributed by atoms with van der Waals surface area (Å²) in [5, 5.41) is 3.30. The van der Waals surface area contributed by atoms with E-state index >= 15 is 0 Å². The number of rotatable bonds is 1. The first-order chi connectivity index (χ1) is 7.79. The summed E-state index contributed by atoms with van der Waals surface area (Å²) >= 11 is 3.55. The summed E-state index contributed by atoms with van der Waals surface area (Å²) in [5.74, 6) is 0.838. The Kier molecular flexibility index (Phi) is 2.14. The molecule has 2 aromatic carbocycles. The smallest absolute Gasteiger partial charge is 0.142 e. The Morgan fingerprint density at radius 3 is 2.75 bits per heavy atom. The highest BCUT2D eigenvalue weighted by molar-refractivity contribution is 9.10. The van der Waals surface area contributed by atoms with Crippen LogP contribution in [0.4, 0.5) is 0 Å². The molecule has 0 N–H and O–H groups in total. The Hall–Kier alpha value is -1.48. The molecule has 80 valence electrons. The molecule has 0 amide bonds. The largest absolute Gasteiger partial charge is 0.497 e. The number of benzene rings is 2. The molecule has 0 saturated heterocycles. The average molecular weight is 277 g/mol. The number of ether oxygens (including phenoxy) is 1. The molecule has 16 heavy (non-hydrogen) atoms. The van der Waals surface area contributed by atoms with Crippen molar-refractivity contribution >= 4 is 37.7 Å². The van der Waals surface area contributed by atoms with Crippen molar-refractivity contribution < 1.29 is 9.15 Å². The summed E-state index contributed by atoms with van der Waals surface area (Å²) in [4.78, 5) is 0. The van der Waals surface area contributed by atoms with Crippen molar-refractivity contribution in [1.82, 2.24) is 0 Å². The first kappa shape index (κ1) is 9.73. The van der Waals surface area contributed by atoms with Gasteiger partial charge in [0.1, 0.15) is 11.3 Å². The summed E-state index contributed by atoms with van der Waals surface area (Å²) in [6, 6.07) is 10.0. The molecule has 0 radical (unpaired) electrons. The van der Waals surface area contributed by atoms with E-state index in [4.69, 9.17) is 9.15 Å². The molecule has 3 rings (SSSR count). The lowest BCUT2D eigenvalue weighted by atomic mass is 10.1. The fourth-order valence-electron chi connectivity index (χ4n) is 1.92. The molecular formula is C13H9BrO2. The van der Waals surface area contributed by atoms with Crippen LogP contribution in [0.3, 0.4) is 0 Å². The van der Waals surface area contributed by atoms with Gasteiger partial charge >= 0.3 is 0 Å². The molecule has 0 saturated carbocycles. The van der Waals surface area contributed by atoms with Gasteiger partial charge in [0, 0.05) is 15.2 Å². The third-order valence-electron chi connectivity index (χ3n) is 2.70. The molecule has 0 aliphatic rings. The van der Waals surface area contributed by atoms with Crippen LogP contribution in [0.15, 0.2) is 45.5 Å². The highest BCUT2D eigenvalue weighted by Crippen LogP contribution is 2.35. The average Bonchev–Trinajstić information content (AvgIpc) is 2.76. The second-order valence-electron chi connectivity index (χ2n) is 3.61. The molecule has 3 aromatic rings. The maximum Gasteiger partial charge on any atom is 0.142 e. The maximum atomic E-state index is 5.51. The van der Waals surface area contributed by atoms with Crippen LogP contribution >= 0.6 is 15.9 Å². The fraction of sp³-hybridized carbons (Fsp3) is 0.0769. The zero-order valence-electron chi connectivity index (χ0n) is 8.66. The van der Waals surface area contributed by atoms with Gasteiger partial charge in [-0.3, -0.25) is 0 Å². The van der Waals surface area contributed by atoms with E-state index in [9.17, 15) is 0 Å².